The predicted octanol–water partition coefficient (Wildman–Crippen LogP) is 4.36. The minimum Gasteiger partial charge on any atom is -0.0875 e. The predicted molar refractivity (Wildman–Crippen MR) is 59.6 cm³/mol. The van der Waals surface area contributed by atoms with E-state index in [0.717, 1.165) is 10.1 Å². The maximum absolute atomic E-state index is 5.91. The van der Waals surface area contributed by atoms with Crippen LogP contribution >= 0.6 is 43.5 Å². The molecule has 0 saturated carbocycles. The monoisotopic (exact) mass is 298 g/mol. The summed E-state index contributed by atoms with van der Waals surface area (Å²) in [6, 6.07) is 0. The Morgan fingerprint density at radius 1 is 1.64 bits per heavy atom. The van der Waals surface area contributed by atoms with Crippen LogP contribution in [0.4, 0.5) is 0 Å². The molecule has 0 aliphatic rings. The van der Waals surface area contributed by atoms with Crippen LogP contribution in [0.1, 0.15) is 6.92 Å². The third-order valence-corrected chi connectivity index (χ3v) is 2.46. The first kappa shape index (κ1) is 11.5. The third kappa shape index (κ3) is 4.14. The first-order valence-electron chi connectivity index (χ1n) is 3.05. The van der Waals surface area contributed by atoms with Gasteiger partial charge in [0.1, 0.15) is 0 Å². The van der Waals surface area contributed by atoms with Crippen molar-refractivity contribution in [3.05, 3.63) is 33.8 Å². The van der Waals surface area contributed by atoms with Crippen molar-refractivity contribution in [3.8, 4) is 0 Å². The van der Waals surface area contributed by atoms with E-state index in [4.69, 9.17) is 11.6 Å². The summed E-state index contributed by atoms with van der Waals surface area (Å²) in [5, 5.41) is 1.42. The van der Waals surface area contributed by atoms with Crippen molar-refractivity contribution in [2.75, 3.05) is 5.33 Å². The molecule has 11 heavy (non-hydrogen) atoms. The fraction of sp³-hybridized carbons (Fsp3) is 0.250. The average molecular weight is 300 g/mol. The summed E-state index contributed by atoms with van der Waals surface area (Å²) in [7, 11) is 0. The summed E-state index contributed by atoms with van der Waals surface area (Å²) in [5.74, 6) is 0. The highest BCUT2D eigenvalue weighted by Gasteiger charge is 2.01. The molecular weight excluding hydrogens is 291 g/mol. The van der Waals surface area contributed by atoms with Crippen LogP contribution in [0.2, 0.25) is 0 Å². The maximum Gasteiger partial charge on any atom is 0.0454 e. The van der Waals surface area contributed by atoms with Gasteiger partial charge in [0.25, 0.3) is 0 Å². The van der Waals surface area contributed by atoms with Crippen LogP contribution in [0.5, 0.6) is 0 Å². The van der Waals surface area contributed by atoms with Crippen molar-refractivity contribution < 1.29 is 0 Å². The van der Waals surface area contributed by atoms with Crippen LogP contribution in [-0.4, -0.2) is 5.33 Å². The molecule has 0 heterocycles. The Bertz CT molecular complexity index is 204. The molecule has 0 bridgehead atoms. The van der Waals surface area contributed by atoms with E-state index in [2.05, 4.69) is 38.4 Å². The zero-order chi connectivity index (χ0) is 8.85. The van der Waals surface area contributed by atoms with Gasteiger partial charge in [0.05, 0.1) is 0 Å². The number of rotatable bonds is 3. The second kappa shape index (κ2) is 6.04. The maximum atomic E-state index is 5.91. The Hall–Kier alpha value is 0.470. The van der Waals surface area contributed by atoms with Gasteiger partial charge < -0.3 is 0 Å². The summed E-state index contributed by atoms with van der Waals surface area (Å²) < 4.78 is 0.817. The molecule has 0 saturated heterocycles. The number of allylic oxidation sites excluding steroid dienone is 5. The first-order chi connectivity index (χ1) is 5.13. The van der Waals surface area contributed by atoms with E-state index in [0.29, 0.717) is 10.4 Å². The summed E-state index contributed by atoms with van der Waals surface area (Å²) in [6.45, 7) is 5.66. The summed E-state index contributed by atoms with van der Waals surface area (Å²) in [5.41, 5.74) is 0.977. The normalized spacial score (nSPS) is 13.5. The molecule has 0 aliphatic heterocycles. The van der Waals surface area contributed by atoms with Gasteiger partial charge in [-0.2, -0.15) is 0 Å². The third-order valence-electron chi connectivity index (χ3n) is 1.06. The molecule has 0 atom stereocenters. The van der Waals surface area contributed by atoms with E-state index >= 15 is 0 Å². The molecule has 0 aromatic carbocycles. The highest BCUT2D eigenvalue weighted by molar-refractivity contribution is 9.12. The molecule has 0 aromatic heterocycles. The van der Waals surface area contributed by atoms with Crippen LogP contribution in [0.15, 0.2) is 33.8 Å². The smallest absolute Gasteiger partial charge is 0.0454 e. The largest absolute Gasteiger partial charge is 0.0875 e. The van der Waals surface area contributed by atoms with Crippen LogP contribution in [0, 0.1) is 0 Å². The van der Waals surface area contributed by atoms with Gasteiger partial charge in [0, 0.05) is 14.8 Å². The van der Waals surface area contributed by atoms with E-state index < -0.39 is 0 Å². The molecule has 62 valence electrons. The van der Waals surface area contributed by atoms with Crippen molar-refractivity contribution in [2.45, 2.75) is 6.92 Å². The van der Waals surface area contributed by atoms with E-state index in [1.807, 2.05) is 19.1 Å². The summed E-state index contributed by atoms with van der Waals surface area (Å²) in [4.78, 5) is 0. The molecular formula is C8H9Br2Cl. The Morgan fingerprint density at radius 3 is 2.45 bits per heavy atom. The minimum atomic E-state index is 0.709. The van der Waals surface area contributed by atoms with Crippen molar-refractivity contribution in [2.24, 2.45) is 0 Å². The zero-order valence-electron chi connectivity index (χ0n) is 6.20. The molecule has 0 N–H and O–H groups in total. The lowest BCUT2D eigenvalue weighted by Crippen LogP contribution is -1.85. The van der Waals surface area contributed by atoms with Gasteiger partial charge in [-0.3, -0.25) is 0 Å². The molecule has 3 heteroatoms. The molecule has 0 fully saturated rings. The number of hydrogen-bond acceptors (Lipinski definition) is 0. The minimum absolute atomic E-state index is 0.709. The summed E-state index contributed by atoms with van der Waals surface area (Å²) >= 11 is 12.5. The van der Waals surface area contributed by atoms with Crippen LogP contribution in [-0.2, 0) is 0 Å². The zero-order valence-corrected chi connectivity index (χ0v) is 10.1. The molecule has 0 nitrogen and oxygen atoms in total. The molecule has 0 amide bonds. The van der Waals surface area contributed by atoms with Gasteiger partial charge in [0.2, 0.25) is 0 Å². The second-order valence-electron chi connectivity index (χ2n) is 1.87. The SMILES string of the molecule is C=C(Br)/C(CBr)=C(Cl)\C=C/C. The van der Waals surface area contributed by atoms with Crippen molar-refractivity contribution in [1.29, 1.82) is 0 Å². The number of halogens is 3. The van der Waals surface area contributed by atoms with Crippen LogP contribution in [0.25, 0.3) is 0 Å². The quantitative estimate of drug-likeness (QED) is 0.536. The Morgan fingerprint density at radius 2 is 2.18 bits per heavy atom. The van der Waals surface area contributed by atoms with Gasteiger partial charge in [-0.25, -0.2) is 0 Å². The Labute approximate surface area is 89.3 Å². The average Bonchev–Trinajstić information content (AvgIpc) is 1.88. The highest BCUT2D eigenvalue weighted by atomic mass is 79.9. The van der Waals surface area contributed by atoms with Gasteiger partial charge in [-0.1, -0.05) is 56.1 Å². The standard InChI is InChI=1S/C8H9Br2Cl/c1-3-4-8(11)7(5-9)6(2)10/h3-4H,2,5H2,1H3/b4-3-,8-7+. The molecule has 0 radical (unpaired) electrons. The fourth-order valence-corrected chi connectivity index (χ4v) is 2.47. The Kier molecular flexibility index (Phi) is 6.30. The number of hydrogen-bond donors (Lipinski definition) is 0. The van der Waals surface area contributed by atoms with E-state index in [-0.39, 0.29) is 0 Å². The van der Waals surface area contributed by atoms with Crippen molar-refractivity contribution >= 4 is 43.5 Å². The molecule has 0 aliphatic carbocycles. The van der Waals surface area contributed by atoms with E-state index in [1.54, 1.807) is 0 Å². The first-order valence-corrected chi connectivity index (χ1v) is 5.34. The highest BCUT2D eigenvalue weighted by Crippen LogP contribution is 2.23. The number of alkyl halides is 1. The second-order valence-corrected chi connectivity index (χ2v) is 3.79. The van der Waals surface area contributed by atoms with Crippen LogP contribution < -0.4 is 0 Å². The molecule has 0 rings (SSSR count). The Balaban J connectivity index is 4.67. The van der Waals surface area contributed by atoms with Crippen LogP contribution in [0.3, 0.4) is 0 Å². The van der Waals surface area contributed by atoms with Gasteiger partial charge >= 0.3 is 0 Å². The lowest BCUT2D eigenvalue weighted by atomic mass is 10.2. The molecule has 0 spiro atoms. The van der Waals surface area contributed by atoms with Gasteiger partial charge in [-0.15, -0.1) is 0 Å². The van der Waals surface area contributed by atoms with Gasteiger partial charge in [0.15, 0.2) is 0 Å². The van der Waals surface area contributed by atoms with E-state index in [9.17, 15) is 0 Å². The molecule has 0 unspecified atom stereocenters. The summed E-state index contributed by atoms with van der Waals surface area (Å²) in [6.07, 6.45) is 3.73. The topological polar surface area (TPSA) is 0 Å². The van der Waals surface area contributed by atoms with Crippen molar-refractivity contribution in [1.82, 2.24) is 0 Å². The van der Waals surface area contributed by atoms with Crippen molar-refractivity contribution in [3.63, 3.8) is 0 Å². The lowest BCUT2D eigenvalue weighted by Gasteiger charge is -2.01. The van der Waals surface area contributed by atoms with Gasteiger partial charge in [-0.05, 0) is 18.6 Å². The fourth-order valence-electron chi connectivity index (χ4n) is 0.513. The molecule has 0 aromatic rings. The lowest BCUT2D eigenvalue weighted by molar-refractivity contribution is 1.52. The van der Waals surface area contributed by atoms with E-state index in [1.165, 1.54) is 0 Å².